The van der Waals surface area contributed by atoms with Crippen LogP contribution in [0, 0.1) is 13.8 Å². The number of fused-ring (bicyclic) bond motifs is 2. The largest absolute Gasteiger partial charge is 0.507 e. The van der Waals surface area contributed by atoms with Crippen LogP contribution >= 0.6 is 0 Å². The van der Waals surface area contributed by atoms with Gasteiger partial charge in [0.2, 0.25) is 0 Å². The molecule has 3 heterocycles. The first-order chi connectivity index (χ1) is 18.3. The van der Waals surface area contributed by atoms with E-state index in [-0.39, 0.29) is 23.3 Å². The molecule has 2 aromatic carbocycles. The van der Waals surface area contributed by atoms with Crippen LogP contribution in [0.15, 0.2) is 70.4 Å². The number of aromatic nitrogens is 3. The summed E-state index contributed by atoms with van der Waals surface area (Å²) in [6, 6.07) is 16.8. The van der Waals surface area contributed by atoms with Crippen molar-refractivity contribution in [2.45, 2.75) is 39.2 Å². The van der Waals surface area contributed by atoms with Crippen molar-refractivity contribution in [1.29, 1.82) is 0 Å². The van der Waals surface area contributed by atoms with E-state index in [2.05, 4.69) is 9.97 Å². The van der Waals surface area contributed by atoms with E-state index in [0.717, 1.165) is 27.4 Å². The van der Waals surface area contributed by atoms with Crippen molar-refractivity contribution in [1.82, 2.24) is 14.5 Å². The molecular weight excluding hydrogens is 482 g/mol. The molecule has 5 rings (SSSR count). The van der Waals surface area contributed by atoms with Crippen LogP contribution in [-0.4, -0.2) is 32.7 Å². The number of aromatic amines is 2. The molecule has 5 aromatic rings. The number of ether oxygens (including phenoxy) is 1. The van der Waals surface area contributed by atoms with Gasteiger partial charge >= 0.3 is 5.97 Å². The zero-order valence-electron chi connectivity index (χ0n) is 21.5. The molecule has 0 saturated carbocycles. The molecule has 0 saturated heterocycles. The molecule has 0 spiro atoms. The molecule has 0 aliphatic heterocycles. The number of rotatable bonds is 7. The Morgan fingerprint density at radius 3 is 2.63 bits per heavy atom. The fourth-order valence-corrected chi connectivity index (χ4v) is 5.16. The Morgan fingerprint density at radius 1 is 1.05 bits per heavy atom. The van der Waals surface area contributed by atoms with Crippen molar-refractivity contribution in [2.24, 2.45) is 0 Å². The summed E-state index contributed by atoms with van der Waals surface area (Å²) < 4.78 is 6.48. The summed E-state index contributed by atoms with van der Waals surface area (Å²) in [5.74, 6) is -1.85. The summed E-state index contributed by atoms with van der Waals surface area (Å²) in [7, 11) is 1.25. The first kappa shape index (κ1) is 25.1. The van der Waals surface area contributed by atoms with Crippen LogP contribution in [0.1, 0.15) is 40.3 Å². The van der Waals surface area contributed by atoms with E-state index in [9.17, 15) is 19.5 Å². The van der Waals surface area contributed by atoms with Crippen molar-refractivity contribution in [2.75, 3.05) is 7.11 Å². The number of pyridine rings is 2. The lowest BCUT2D eigenvalue weighted by Crippen LogP contribution is -2.31. The number of hydrogen-bond acceptors (Lipinski definition) is 5. The molecular formula is C30H29N3O5. The Morgan fingerprint density at radius 2 is 1.84 bits per heavy atom. The highest BCUT2D eigenvalue weighted by atomic mass is 16.5. The number of aromatic hydroxyl groups is 1. The fraction of sp³-hybridized carbons (Fsp3) is 0.233. The van der Waals surface area contributed by atoms with Crippen LogP contribution in [0.5, 0.6) is 5.75 Å². The van der Waals surface area contributed by atoms with Gasteiger partial charge in [-0.3, -0.25) is 14.4 Å². The van der Waals surface area contributed by atoms with E-state index in [1.54, 1.807) is 17.6 Å². The first-order valence-corrected chi connectivity index (χ1v) is 12.5. The van der Waals surface area contributed by atoms with Crippen LogP contribution in [0.3, 0.4) is 0 Å². The fourth-order valence-electron chi connectivity index (χ4n) is 5.16. The number of benzene rings is 2. The van der Waals surface area contributed by atoms with Crippen LogP contribution in [-0.2, 0) is 22.5 Å². The van der Waals surface area contributed by atoms with Gasteiger partial charge in [-0.2, -0.15) is 0 Å². The molecule has 3 N–H and O–H groups in total. The average Bonchev–Trinajstić information content (AvgIpc) is 3.30. The number of nitrogens with zero attached hydrogens (tertiary/aromatic N) is 1. The molecule has 3 aromatic heterocycles. The second kappa shape index (κ2) is 10.0. The molecule has 0 aliphatic carbocycles. The zero-order chi connectivity index (χ0) is 27.0. The van der Waals surface area contributed by atoms with Gasteiger partial charge in [-0.15, -0.1) is 0 Å². The number of aryl methyl sites for hydroxylation is 3. The molecule has 0 bridgehead atoms. The average molecular weight is 512 g/mol. The van der Waals surface area contributed by atoms with Gasteiger partial charge < -0.3 is 24.4 Å². The summed E-state index contributed by atoms with van der Waals surface area (Å²) in [5.41, 5.74) is 3.64. The maximum Gasteiger partial charge on any atom is 0.306 e. The van der Waals surface area contributed by atoms with Crippen molar-refractivity contribution >= 4 is 27.8 Å². The van der Waals surface area contributed by atoms with Gasteiger partial charge in [0.25, 0.3) is 11.1 Å². The molecule has 0 fully saturated rings. The van der Waals surface area contributed by atoms with Gasteiger partial charge in [0.1, 0.15) is 5.75 Å². The second-order valence-electron chi connectivity index (χ2n) is 9.63. The summed E-state index contributed by atoms with van der Waals surface area (Å²) >= 11 is 0. The van der Waals surface area contributed by atoms with Gasteiger partial charge in [-0.05, 0) is 61.5 Å². The second-order valence-corrected chi connectivity index (χ2v) is 9.63. The highest BCUT2D eigenvalue weighted by Crippen LogP contribution is 2.32. The summed E-state index contributed by atoms with van der Waals surface area (Å²) in [6.45, 7) is 4.05. The summed E-state index contributed by atoms with van der Waals surface area (Å²) in [5, 5.41) is 12.8. The third kappa shape index (κ3) is 4.61. The van der Waals surface area contributed by atoms with Gasteiger partial charge in [0.05, 0.1) is 19.1 Å². The summed E-state index contributed by atoms with van der Waals surface area (Å²) in [4.78, 5) is 45.6. The maximum absolute atomic E-state index is 13.9. The van der Waals surface area contributed by atoms with Gasteiger partial charge in [-0.1, -0.05) is 29.8 Å². The highest BCUT2D eigenvalue weighted by Gasteiger charge is 2.29. The minimum absolute atomic E-state index is 0.00238. The highest BCUT2D eigenvalue weighted by molar-refractivity contribution is 5.83. The van der Waals surface area contributed by atoms with E-state index in [1.165, 1.54) is 13.2 Å². The Kier molecular flexibility index (Phi) is 6.63. The van der Waals surface area contributed by atoms with Crippen molar-refractivity contribution < 1.29 is 14.6 Å². The molecule has 38 heavy (non-hydrogen) atoms. The lowest BCUT2D eigenvalue weighted by Gasteiger charge is -2.20. The van der Waals surface area contributed by atoms with Gasteiger partial charge in [-0.25, -0.2) is 0 Å². The van der Waals surface area contributed by atoms with E-state index in [4.69, 9.17) is 4.74 Å². The number of H-pyrrole nitrogens is 2. The van der Waals surface area contributed by atoms with Crippen molar-refractivity contribution in [3.05, 3.63) is 109 Å². The zero-order valence-corrected chi connectivity index (χ0v) is 21.5. The Hall–Kier alpha value is -4.59. The Balaban J connectivity index is 1.62. The van der Waals surface area contributed by atoms with Crippen molar-refractivity contribution in [3.63, 3.8) is 0 Å². The smallest absolute Gasteiger partial charge is 0.306 e. The molecule has 8 nitrogen and oxygen atoms in total. The van der Waals surface area contributed by atoms with Crippen LogP contribution in [0.25, 0.3) is 21.8 Å². The normalized spacial score (nSPS) is 12.2. The lowest BCUT2D eigenvalue weighted by molar-refractivity contribution is -0.140. The van der Waals surface area contributed by atoms with Crippen LogP contribution in [0.4, 0.5) is 0 Å². The molecule has 0 aliphatic rings. The van der Waals surface area contributed by atoms with E-state index in [0.29, 0.717) is 24.2 Å². The number of esters is 1. The molecule has 194 valence electrons. The standard InChI is InChI=1S/C30H29N3O5/c1-17-8-9-24-20(12-17)14-23(29(36)32-24)22(15-27(35)38-3)28-26(34)13-18(2)33(30(28)37)11-10-19-16-31-25-7-5-4-6-21(19)25/h4-9,12-14,16,22,31,34H,10-11,15H2,1-3H3,(H,32,36)/t22-/m1/s1. The third-order valence-corrected chi connectivity index (χ3v) is 7.15. The number of hydrogen-bond donors (Lipinski definition) is 3. The quantitative estimate of drug-likeness (QED) is 0.280. The molecule has 0 unspecified atom stereocenters. The summed E-state index contributed by atoms with van der Waals surface area (Å²) in [6.07, 6.45) is 2.24. The molecule has 0 radical (unpaired) electrons. The van der Waals surface area contributed by atoms with Gasteiger partial charge in [0, 0.05) is 46.3 Å². The van der Waals surface area contributed by atoms with Crippen LogP contribution in [0.2, 0.25) is 0 Å². The predicted octanol–water partition coefficient (Wildman–Crippen LogP) is 4.43. The maximum atomic E-state index is 13.9. The monoisotopic (exact) mass is 511 g/mol. The minimum atomic E-state index is -0.997. The van der Waals surface area contributed by atoms with Gasteiger partial charge in [0.15, 0.2) is 0 Å². The molecule has 1 atom stereocenters. The van der Waals surface area contributed by atoms with E-state index in [1.807, 2.05) is 55.6 Å². The minimum Gasteiger partial charge on any atom is -0.507 e. The third-order valence-electron chi connectivity index (χ3n) is 7.15. The van der Waals surface area contributed by atoms with E-state index < -0.39 is 23.0 Å². The number of nitrogens with one attached hydrogen (secondary N) is 2. The Bertz CT molecular complexity index is 1790. The Labute approximate surface area is 218 Å². The van der Waals surface area contributed by atoms with E-state index >= 15 is 0 Å². The van der Waals surface area contributed by atoms with Crippen molar-refractivity contribution in [3.8, 4) is 5.75 Å². The molecule has 8 heteroatoms. The lowest BCUT2D eigenvalue weighted by atomic mass is 9.88. The SMILES string of the molecule is COC(=O)C[C@H](c1cc2cc(C)ccc2[nH]c1=O)c1c(O)cc(C)n(CCc2c[nH]c3ccccc23)c1=O. The predicted molar refractivity (Wildman–Crippen MR) is 147 cm³/mol. The number of carbonyl (C=O) groups is 1. The number of carbonyl (C=O) groups excluding carboxylic acids is 1. The van der Waals surface area contributed by atoms with Crippen LogP contribution < -0.4 is 11.1 Å². The number of methoxy groups -OCH3 is 1. The first-order valence-electron chi connectivity index (χ1n) is 12.5. The molecule has 0 amide bonds. The number of para-hydroxylation sites is 1. The topological polar surface area (TPSA) is 117 Å².